The number of hydrogen-bond donors (Lipinski definition) is 1. The van der Waals surface area contributed by atoms with Crippen LogP contribution in [-0.4, -0.2) is 24.5 Å². The average molecular weight is 364 g/mol. The number of benzene rings is 2. The van der Waals surface area contributed by atoms with E-state index in [9.17, 15) is 13.6 Å². The molecule has 132 valence electrons. The van der Waals surface area contributed by atoms with Crippen molar-refractivity contribution in [3.05, 3.63) is 59.7 Å². The van der Waals surface area contributed by atoms with Crippen molar-refractivity contribution in [1.29, 1.82) is 0 Å². The van der Waals surface area contributed by atoms with Crippen LogP contribution < -0.4 is 5.32 Å². The van der Waals surface area contributed by atoms with Crippen molar-refractivity contribution in [3.8, 4) is 0 Å². The van der Waals surface area contributed by atoms with Gasteiger partial charge in [0, 0.05) is 10.6 Å². The van der Waals surface area contributed by atoms with E-state index in [0.717, 1.165) is 12.0 Å². The fraction of sp³-hybridized carbons (Fsp3) is 0.222. The number of anilines is 1. The molecule has 0 saturated carbocycles. The molecule has 0 heterocycles. The maximum atomic E-state index is 12.2. The number of rotatable bonds is 8. The molecule has 0 saturated heterocycles. The van der Waals surface area contributed by atoms with Crippen molar-refractivity contribution in [2.75, 3.05) is 11.9 Å². The second-order valence-electron chi connectivity index (χ2n) is 5.05. The molecule has 0 aromatic heterocycles. The largest absolute Gasteiger partial charge is 0.386 e. The first-order valence-electron chi connectivity index (χ1n) is 7.66. The van der Waals surface area contributed by atoms with Gasteiger partial charge < -0.3 is 10.2 Å². The number of nitrogens with zero attached hydrogens (tertiary/aromatic N) is 1. The summed E-state index contributed by atoms with van der Waals surface area (Å²) in [5.74, 6) is -2.85. The highest BCUT2D eigenvalue weighted by atomic mass is 32.2. The maximum absolute atomic E-state index is 12.2. The summed E-state index contributed by atoms with van der Waals surface area (Å²) >= 11 is 0.453. The van der Waals surface area contributed by atoms with E-state index in [1.54, 1.807) is 12.1 Å². The van der Waals surface area contributed by atoms with Crippen LogP contribution in [0.5, 0.6) is 0 Å². The SMILES string of the molecule is CCc1ccc(/C=N\OCC(=O)Nc2ccc(SC(F)F)cc2)cc1. The van der Waals surface area contributed by atoms with Crippen molar-refractivity contribution in [2.24, 2.45) is 5.16 Å². The molecule has 1 amide bonds. The number of alkyl halides is 2. The van der Waals surface area contributed by atoms with Gasteiger partial charge in [0.25, 0.3) is 11.7 Å². The van der Waals surface area contributed by atoms with Crippen LogP contribution >= 0.6 is 11.8 Å². The Balaban J connectivity index is 1.75. The number of hydrogen-bond acceptors (Lipinski definition) is 4. The Bertz CT molecular complexity index is 704. The van der Waals surface area contributed by atoms with Crippen molar-refractivity contribution in [2.45, 2.75) is 24.0 Å². The molecule has 0 aliphatic carbocycles. The van der Waals surface area contributed by atoms with Gasteiger partial charge in [-0.25, -0.2) is 0 Å². The first kappa shape index (κ1) is 18.9. The minimum absolute atomic E-state index is 0.239. The lowest BCUT2D eigenvalue weighted by atomic mass is 10.1. The zero-order chi connectivity index (χ0) is 18.1. The van der Waals surface area contributed by atoms with E-state index >= 15 is 0 Å². The van der Waals surface area contributed by atoms with Crippen molar-refractivity contribution in [1.82, 2.24) is 0 Å². The van der Waals surface area contributed by atoms with Crippen molar-refractivity contribution in [3.63, 3.8) is 0 Å². The van der Waals surface area contributed by atoms with E-state index in [1.807, 2.05) is 24.3 Å². The molecule has 0 radical (unpaired) electrons. The van der Waals surface area contributed by atoms with E-state index in [2.05, 4.69) is 17.4 Å². The third-order valence-electron chi connectivity index (χ3n) is 3.22. The topological polar surface area (TPSA) is 50.7 Å². The summed E-state index contributed by atoms with van der Waals surface area (Å²) in [7, 11) is 0. The summed E-state index contributed by atoms with van der Waals surface area (Å²) in [5.41, 5.74) is 2.62. The van der Waals surface area contributed by atoms with E-state index in [-0.39, 0.29) is 12.5 Å². The van der Waals surface area contributed by atoms with Crippen LogP contribution in [0.4, 0.5) is 14.5 Å². The Morgan fingerprint density at radius 3 is 2.48 bits per heavy atom. The van der Waals surface area contributed by atoms with Crippen molar-refractivity contribution >= 4 is 29.6 Å². The Kier molecular flexibility index (Phi) is 7.40. The number of nitrogens with one attached hydrogen (secondary N) is 1. The monoisotopic (exact) mass is 364 g/mol. The molecule has 0 bridgehead atoms. The standard InChI is InChI=1S/C18H18F2N2O2S/c1-2-13-3-5-14(6-4-13)11-21-24-12-17(23)22-15-7-9-16(10-8-15)25-18(19)20/h3-11,18H,2,12H2,1H3,(H,22,23)/b21-11-. The molecule has 4 nitrogen and oxygen atoms in total. The lowest BCUT2D eigenvalue weighted by molar-refractivity contribution is -0.120. The van der Waals surface area contributed by atoms with Gasteiger partial charge in [-0.15, -0.1) is 0 Å². The van der Waals surface area contributed by atoms with E-state index in [4.69, 9.17) is 4.84 Å². The van der Waals surface area contributed by atoms with Gasteiger partial charge in [-0.05, 0) is 41.8 Å². The number of carbonyl (C=O) groups is 1. The molecule has 0 spiro atoms. The zero-order valence-corrected chi connectivity index (χ0v) is 14.4. The lowest BCUT2D eigenvalue weighted by Crippen LogP contribution is -2.16. The van der Waals surface area contributed by atoms with Gasteiger partial charge >= 0.3 is 0 Å². The smallest absolute Gasteiger partial charge is 0.288 e. The minimum atomic E-state index is -2.47. The van der Waals surface area contributed by atoms with Crippen LogP contribution in [0.3, 0.4) is 0 Å². The van der Waals surface area contributed by atoms with Crippen LogP contribution in [0, 0.1) is 0 Å². The van der Waals surface area contributed by atoms with Crippen LogP contribution in [0.1, 0.15) is 18.1 Å². The molecule has 0 atom stereocenters. The van der Waals surface area contributed by atoms with Crippen LogP contribution in [0.15, 0.2) is 58.6 Å². The van der Waals surface area contributed by atoms with E-state index in [1.165, 1.54) is 23.9 Å². The summed E-state index contributed by atoms with van der Waals surface area (Å²) in [4.78, 5) is 17.1. The van der Waals surface area contributed by atoms with Gasteiger partial charge in [0.05, 0.1) is 6.21 Å². The molecule has 0 unspecified atom stereocenters. The quantitative estimate of drug-likeness (QED) is 0.425. The van der Waals surface area contributed by atoms with Gasteiger partial charge in [0.15, 0.2) is 6.61 Å². The molecule has 25 heavy (non-hydrogen) atoms. The Hall–Kier alpha value is -2.41. The zero-order valence-electron chi connectivity index (χ0n) is 13.6. The first-order chi connectivity index (χ1) is 12.1. The number of aryl methyl sites for hydroxylation is 1. The Morgan fingerprint density at radius 2 is 1.88 bits per heavy atom. The Morgan fingerprint density at radius 1 is 1.20 bits per heavy atom. The van der Waals surface area contributed by atoms with Gasteiger partial charge in [-0.1, -0.05) is 48.1 Å². The molecule has 7 heteroatoms. The highest BCUT2D eigenvalue weighted by molar-refractivity contribution is 7.99. The summed E-state index contributed by atoms with van der Waals surface area (Å²) in [6, 6.07) is 14.0. The molecule has 0 aliphatic rings. The summed E-state index contributed by atoms with van der Waals surface area (Å²) in [6.45, 7) is 1.84. The molecule has 1 N–H and O–H groups in total. The van der Waals surface area contributed by atoms with Gasteiger partial charge in [0.2, 0.25) is 0 Å². The van der Waals surface area contributed by atoms with Crippen LogP contribution in [0.25, 0.3) is 0 Å². The highest BCUT2D eigenvalue weighted by Gasteiger charge is 2.06. The summed E-state index contributed by atoms with van der Waals surface area (Å²) < 4.78 is 24.5. The third kappa shape index (κ3) is 6.93. The van der Waals surface area contributed by atoms with Gasteiger partial charge in [-0.2, -0.15) is 8.78 Å². The molecule has 2 rings (SSSR count). The van der Waals surface area contributed by atoms with Crippen LogP contribution in [-0.2, 0) is 16.1 Å². The highest BCUT2D eigenvalue weighted by Crippen LogP contribution is 2.26. The number of amides is 1. The summed E-state index contributed by atoms with van der Waals surface area (Å²) in [5, 5.41) is 6.35. The molecule has 2 aromatic carbocycles. The lowest BCUT2D eigenvalue weighted by Gasteiger charge is -2.05. The predicted molar refractivity (Wildman–Crippen MR) is 96.3 cm³/mol. The molecule has 0 fully saturated rings. The number of halogens is 2. The Labute approximate surface area is 149 Å². The van der Waals surface area contributed by atoms with E-state index < -0.39 is 5.76 Å². The van der Waals surface area contributed by atoms with Crippen LogP contribution in [0.2, 0.25) is 0 Å². The van der Waals surface area contributed by atoms with Crippen molar-refractivity contribution < 1.29 is 18.4 Å². The molecular weight excluding hydrogens is 346 g/mol. The van der Waals surface area contributed by atoms with E-state index in [0.29, 0.717) is 22.3 Å². The average Bonchev–Trinajstić information content (AvgIpc) is 2.60. The van der Waals surface area contributed by atoms with Gasteiger partial charge in [-0.3, -0.25) is 4.79 Å². The minimum Gasteiger partial charge on any atom is -0.386 e. The second-order valence-corrected chi connectivity index (χ2v) is 6.12. The molecular formula is C18H18F2N2O2S. The predicted octanol–water partition coefficient (Wildman–Crippen LogP) is 4.55. The number of oxime groups is 1. The number of thioether (sulfide) groups is 1. The third-order valence-corrected chi connectivity index (χ3v) is 3.95. The fourth-order valence-electron chi connectivity index (χ4n) is 1.95. The fourth-order valence-corrected chi connectivity index (χ4v) is 2.45. The number of carbonyl (C=O) groups excluding carboxylic acids is 1. The second kappa shape index (κ2) is 9.78. The maximum Gasteiger partial charge on any atom is 0.288 e. The van der Waals surface area contributed by atoms with Gasteiger partial charge in [0.1, 0.15) is 0 Å². The summed E-state index contributed by atoms with van der Waals surface area (Å²) in [6.07, 6.45) is 2.50. The first-order valence-corrected chi connectivity index (χ1v) is 8.54. The normalized spacial score (nSPS) is 11.0. The molecule has 2 aromatic rings. The molecule has 0 aliphatic heterocycles.